The highest BCUT2D eigenvalue weighted by molar-refractivity contribution is 8.18. The van der Waals surface area contributed by atoms with E-state index in [0.717, 1.165) is 22.1 Å². The zero-order chi connectivity index (χ0) is 23.4. The third-order valence-corrected chi connectivity index (χ3v) is 6.21. The second-order valence-electron chi connectivity index (χ2n) is 7.23. The van der Waals surface area contributed by atoms with Crippen LogP contribution >= 0.6 is 11.8 Å². The lowest BCUT2D eigenvalue weighted by Gasteiger charge is -2.12. The third kappa shape index (κ3) is 4.64. The number of amides is 1. The molecule has 1 amide bonds. The first-order chi connectivity index (χ1) is 16.0. The maximum Gasteiger partial charge on any atom is 0.337 e. The normalized spacial score (nSPS) is 16.1. The van der Waals surface area contributed by atoms with E-state index in [1.807, 2.05) is 56.3 Å². The fourth-order valence-corrected chi connectivity index (χ4v) is 4.70. The predicted octanol–water partition coefficient (Wildman–Crippen LogP) is 5.65. The smallest absolute Gasteiger partial charge is 0.337 e. The van der Waals surface area contributed by atoms with E-state index < -0.39 is 5.97 Å². The van der Waals surface area contributed by atoms with E-state index in [9.17, 15) is 9.59 Å². The van der Waals surface area contributed by atoms with E-state index in [-0.39, 0.29) is 5.91 Å². The van der Waals surface area contributed by atoms with Gasteiger partial charge in [0.15, 0.2) is 5.17 Å². The van der Waals surface area contributed by atoms with E-state index in [4.69, 9.17) is 9.47 Å². The van der Waals surface area contributed by atoms with Crippen LogP contribution < -0.4 is 4.74 Å². The molecule has 1 aliphatic rings. The first kappa shape index (κ1) is 22.6. The van der Waals surface area contributed by atoms with Crippen LogP contribution in [0.3, 0.4) is 0 Å². The number of esters is 1. The topological polar surface area (TPSA) is 68.2 Å². The van der Waals surface area contributed by atoms with Crippen LogP contribution in [0.5, 0.6) is 5.75 Å². The third-order valence-electron chi connectivity index (χ3n) is 5.20. The van der Waals surface area contributed by atoms with E-state index in [2.05, 4.69) is 4.99 Å². The molecule has 1 aliphatic heterocycles. The molecule has 33 heavy (non-hydrogen) atoms. The molecule has 3 aromatic rings. The Morgan fingerprint density at radius 2 is 1.85 bits per heavy atom. The lowest BCUT2D eigenvalue weighted by atomic mass is 10.0. The Morgan fingerprint density at radius 1 is 1.06 bits per heavy atom. The Hall–Kier alpha value is -3.58. The van der Waals surface area contributed by atoms with Crippen LogP contribution in [0.4, 0.5) is 5.69 Å². The molecule has 168 valence electrons. The van der Waals surface area contributed by atoms with Gasteiger partial charge in [-0.15, -0.1) is 0 Å². The van der Waals surface area contributed by atoms with E-state index in [1.54, 1.807) is 29.2 Å². The molecule has 4 rings (SSSR count). The van der Waals surface area contributed by atoms with Crippen molar-refractivity contribution in [2.75, 3.05) is 20.3 Å². The molecule has 0 N–H and O–H groups in total. The number of methoxy groups -OCH3 is 1. The molecule has 0 unspecified atom stereocenters. The number of benzene rings is 3. The zero-order valence-electron chi connectivity index (χ0n) is 18.7. The van der Waals surface area contributed by atoms with Gasteiger partial charge in [0.05, 0.1) is 29.9 Å². The van der Waals surface area contributed by atoms with Crippen LogP contribution in [-0.2, 0) is 9.53 Å². The summed E-state index contributed by atoms with van der Waals surface area (Å²) >= 11 is 1.32. The number of hydrogen-bond acceptors (Lipinski definition) is 6. The van der Waals surface area contributed by atoms with Gasteiger partial charge in [-0.2, -0.15) is 0 Å². The number of fused-ring (bicyclic) bond motifs is 1. The van der Waals surface area contributed by atoms with Crippen LogP contribution in [0.1, 0.15) is 29.8 Å². The Labute approximate surface area is 196 Å². The SMILES string of the molecule is CCOc1ccc(C=C2SC(=Nc3cccc(C(=O)OC)c3)N(CC)C2=O)c2ccccc12. The molecule has 3 aromatic carbocycles. The van der Waals surface area contributed by atoms with Crippen LogP contribution in [0, 0.1) is 0 Å². The van der Waals surface area contributed by atoms with E-state index in [0.29, 0.717) is 34.5 Å². The molecule has 1 heterocycles. The first-order valence-corrected chi connectivity index (χ1v) is 11.5. The monoisotopic (exact) mass is 460 g/mol. The van der Waals surface area contributed by atoms with Gasteiger partial charge in [-0.05, 0) is 66.9 Å². The predicted molar refractivity (Wildman–Crippen MR) is 133 cm³/mol. The summed E-state index contributed by atoms with van der Waals surface area (Å²) in [6.07, 6.45) is 1.90. The summed E-state index contributed by atoms with van der Waals surface area (Å²) in [6, 6.07) is 18.8. The molecule has 1 fully saturated rings. The molecule has 0 radical (unpaired) electrons. The molecule has 1 saturated heterocycles. The van der Waals surface area contributed by atoms with Crippen molar-refractivity contribution in [1.29, 1.82) is 0 Å². The number of amidine groups is 1. The van der Waals surface area contributed by atoms with Crippen LogP contribution in [0.15, 0.2) is 70.6 Å². The van der Waals surface area contributed by atoms with Crippen molar-refractivity contribution >= 4 is 51.3 Å². The number of hydrogen-bond donors (Lipinski definition) is 0. The van der Waals surface area contributed by atoms with E-state index >= 15 is 0 Å². The largest absolute Gasteiger partial charge is 0.493 e. The number of likely N-dealkylation sites (N-methyl/N-ethyl adjacent to an activating group) is 1. The minimum atomic E-state index is -0.428. The van der Waals surface area contributed by atoms with Crippen molar-refractivity contribution in [2.24, 2.45) is 4.99 Å². The van der Waals surface area contributed by atoms with Gasteiger partial charge in [0.1, 0.15) is 5.75 Å². The van der Waals surface area contributed by atoms with Crippen molar-refractivity contribution in [1.82, 2.24) is 4.90 Å². The molecule has 6 nitrogen and oxygen atoms in total. The van der Waals surface area contributed by atoms with Crippen molar-refractivity contribution < 1.29 is 19.1 Å². The molecule has 0 spiro atoms. The summed E-state index contributed by atoms with van der Waals surface area (Å²) in [5.74, 6) is 0.300. The lowest BCUT2D eigenvalue weighted by molar-refractivity contribution is -0.122. The van der Waals surface area contributed by atoms with Crippen molar-refractivity contribution in [2.45, 2.75) is 13.8 Å². The Bertz CT molecular complexity index is 1280. The van der Waals surface area contributed by atoms with Gasteiger partial charge in [-0.1, -0.05) is 36.4 Å². The zero-order valence-corrected chi connectivity index (χ0v) is 19.5. The van der Waals surface area contributed by atoms with E-state index in [1.165, 1.54) is 18.9 Å². The minimum Gasteiger partial charge on any atom is -0.493 e. The standard InChI is InChI=1S/C26H24N2O4S/c1-4-28-24(29)23(33-26(28)27-19-10-8-9-18(15-19)25(30)31-3)16-17-13-14-22(32-5-2)21-12-7-6-11-20(17)21/h6-16H,4-5H2,1-3H3. The van der Waals surface area contributed by atoms with Crippen molar-refractivity contribution in [3.05, 3.63) is 76.7 Å². The summed E-state index contributed by atoms with van der Waals surface area (Å²) in [5, 5.41) is 2.60. The molecular formula is C26H24N2O4S. The van der Waals surface area contributed by atoms with Gasteiger partial charge in [0.25, 0.3) is 5.91 Å². The average Bonchev–Trinajstić information content (AvgIpc) is 3.13. The molecule has 0 atom stereocenters. The van der Waals surface area contributed by atoms with Gasteiger partial charge in [0.2, 0.25) is 0 Å². The summed E-state index contributed by atoms with van der Waals surface area (Å²) in [4.78, 5) is 31.8. The first-order valence-electron chi connectivity index (χ1n) is 10.7. The summed E-state index contributed by atoms with van der Waals surface area (Å²) in [7, 11) is 1.34. The summed E-state index contributed by atoms with van der Waals surface area (Å²) < 4.78 is 10.6. The molecular weight excluding hydrogens is 436 g/mol. The second kappa shape index (κ2) is 9.92. The number of carbonyl (C=O) groups excluding carboxylic acids is 2. The van der Waals surface area contributed by atoms with Crippen LogP contribution in [0.2, 0.25) is 0 Å². The van der Waals surface area contributed by atoms with Gasteiger partial charge >= 0.3 is 5.97 Å². The number of aliphatic imine (C=N–C) groups is 1. The number of thioether (sulfide) groups is 1. The number of rotatable bonds is 6. The Kier molecular flexibility index (Phi) is 6.79. The van der Waals surface area contributed by atoms with Crippen LogP contribution in [-0.4, -0.2) is 42.2 Å². The van der Waals surface area contributed by atoms with Gasteiger partial charge in [0, 0.05) is 11.9 Å². The molecule has 0 aliphatic carbocycles. The fourth-order valence-electron chi connectivity index (χ4n) is 3.64. The molecule has 0 saturated carbocycles. The highest BCUT2D eigenvalue weighted by Gasteiger charge is 2.32. The minimum absolute atomic E-state index is 0.0941. The molecule has 0 bridgehead atoms. The molecule has 0 aromatic heterocycles. The summed E-state index contributed by atoms with van der Waals surface area (Å²) in [5.41, 5.74) is 1.93. The highest BCUT2D eigenvalue weighted by atomic mass is 32.2. The summed E-state index contributed by atoms with van der Waals surface area (Å²) in [6.45, 7) is 4.94. The fraction of sp³-hybridized carbons (Fsp3) is 0.192. The lowest BCUT2D eigenvalue weighted by Crippen LogP contribution is -2.28. The second-order valence-corrected chi connectivity index (χ2v) is 8.24. The maximum absolute atomic E-state index is 13.1. The van der Waals surface area contributed by atoms with Crippen molar-refractivity contribution in [3.63, 3.8) is 0 Å². The number of nitrogens with zero attached hydrogens (tertiary/aromatic N) is 2. The Balaban J connectivity index is 1.71. The van der Waals surface area contributed by atoms with Gasteiger partial charge in [-0.3, -0.25) is 9.69 Å². The van der Waals surface area contributed by atoms with Crippen molar-refractivity contribution in [3.8, 4) is 5.75 Å². The quantitative estimate of drug-likeness (QED) is 0.351. The van der Waals surface area contributed by atoms with Gasteiger partial charge in [-0.25, -0.2) is 9.79 Å². The maximum atomic E-state index is 13.1. The Morgan fingerprint density at radius 3 is 2.58 bits per heavy atom. The average molecular weight is 461 g/mol. The number of carbonyl (C=O) groups is 2. The number of ether oxygens (including phenoxy) is 2. The highest BCUT2D eigenvalue weighted by Crippen LogP contribution is 2.36. The van der Waals surface area contributed by atoms with Gasteiger partial charge < -0.3 is 9.47 Å². The molecule has 7 heteroatoms. The van der Waals surface area contributed by atoms with Crippen LogP contribution in [0.25, 0.3) is 16.8 Å².